The van der Waals surface area contributed by atoms with Gasteiger partial charge in [0.25, 0.3) is 5.69 Å². The van der Waals surface area contributed by atoms with E-state index in [1.807, 2.05) is 31.2 Å². The Morgan fingerprint density at radius 3 is 2.49 bits per heavy atom. The molecule has 8 nitrogen and oxygen atoms in total. The number of hydrogen-bond acceptors (Lipinski definition) is 6. The van der Waals surface area contributed by atoms with Gasteiger partial charge in [0.15, 0.2) is 17.4 Å². The lowest BCUT2D eigenvalue weighted by molar-refractivity contribution is 0.313. The van der Waals surface area contributed by atoms with E-state index in [1.54, 1.807) is 17.6 Å². The summed E-state index contributed by atoms with van der Waals surface area (Å²) in [6, 6.07) is 10.4. The number of likely N-dealkylation sites (N-methyl/N-ethyl adjacent to an activating group) is 1. The Morgan fingerprint density at radius 1 is 1.08 bits per heavy atom. The normalized spacial score (nSPS) is 14.1. The molecular formula is C27H27F2N7O. The Morgan fingerprint density at radius 2 is 1.81 bits per heavy atom. The molecule has 0 radical (unpaired) electrons. The molecule has 190 valence electrons. The van der Waals surface area contributed by atoms with Gasteiger partial charge in [-0.15, -0.1) is 0 Å². The van der Waals surface area contributed by atoms with Crippen molar-refractivity contribution in [3.63, 3.8) is 0 Å². The summed E-state index contributed by atoms with van der Waals surface area (Å²) in [5.74, 6) is -1.62. The second-order valence-corrected chi connectivity index (χ2v) is 9.01. The number of nitrogens with zero attached hydrogens (tertiary/aromatic N) is 6. The van der Waals surface area contributed by atoms with Crippen LogP contribution in [0, 0.1) is 25.1 Å². The van der Waals surface area contributed by atoms with Crippen LogP contribution in [0.5, 0.6) is 11.6 Å². The lowest BCUT2D eigenvalue weighted by atomic mass is 10.2. The highest BCUT2D eigenvalue weighted by atomic mass is 19.1. The molecule has 10 heteroatoms. The van der Waals surface area contributed by atoms with Gasteiger partial charge in [-0.25, -0.2) is 23.6 Å². The maximum Gasteiger partial charge on any atom is 0.288 e. The van der Waals surface area contributed by atoms with Crippen LogP contribution in [0.3, 0.4) is 0 Å². The first-order valence-electron chi connectivity index (χ1n) is 12.1. The zero-order valence-corrected chi connectivity index (χ0v) is 20.9. The predicted octanol–water partition coefficient (Wildman–Crippen LogP) is 5.88. The lowest BCUT2D eigenvalue weighted by Gasteiger charge is -2.34. The van der Waals surface area contributed by atoms with E-state index in [1.165, 1.54) is 6.33 Å². The Bertz CT molecular complexity index is 1490. The van der Waals surface area contributed by atoms with E-state index in [0.717, 1.165) is 49.3 Å². The van der Waals surface area contributed by atoms with Gasteiger partial charge in [0.05, 0.1) is 12.1 Å². The van der Waals surface area contributed by atoms with Crippen molar-refractivity contribution in [2.75, 3.05) is 43.4 Å². The fraction of sp³-hybridized carbons (Fsp3) is 0.296. The summed E-state index contributed by atoms with van der Waals surface area (Å²) in [6.07, 6.45) is 1.22. The molecule has 2 aromatic carbocycles. The van der Waals surface area contributed by atoms with Crippen molar-refractivity contribution in [1.82, 2.24) is 19.4 Å². The monoisotopic (exact) mass is 503 g/mol. The fourth-order valence-corrected chi connectivity index (χ4v) is 4.65. The Kier molecular flexibility index (Phi) is 6.63. The Hall–Kier alpha value is -4.23. The van der Waals surface area contributed by atoms with Gasteiger partial charge in [-0.2, -0.15) is 0 Å². The zero-order valence-electron chi connectivity index (χ0n) is 20.9. The van der Waals surface area contributed by atoms with E-state index >= 15 is 4.39 Å². The zero-order chi connectivity index (χ0) is 26.1. The Labute approximate surface area is 213 Å². The molecule has 37 heavy (non-hydrogen) atoms. The summed E-state index contributed by atoms with van der Waals surface area (Å²) >= 11 is 0. The van der Waals surface area contributed by atoms with E-state index in [-0.39, 0.29) is 34.0 Å². The van der Waals surface area contributed by atoms with Gasteiger partial charge in [0, 0.05) is 61.2 Å². The fourth-order valence-electron chi connectivity index (χ4n) is 4.65. The molecule has 2 aromatic heterocycles. The van der Waals surface area contributed by atoms with Crippen LogP contribution < -0.4 is 15.0 Å². The second-order valence-electron chi connectivity index (χ2n) is 9.01. The molecule has 0 bridgehead atoms. The van der Waals surface area contributed by atoms with Gasteiger partial charge in [0.2, 0.25) is 5.88 Å². The van der Waals surface area contributed by atoms with E-state index in [4.69, 9.17) is 11.3 Å². The maximum absolute atomic E-state index is 15.3. The van der Waals surface area contributed by atoms with E-state index < -0.39 is 11.6 Å². The van der Waals surface area contributed by atoms with Crippen molar-refractivity contribution in [2.24, 2.45) is 0 Å². The predicted molar refractivity (Wildman–Crippen MR) is 140 cm³/mol. The molecule has 1 N–H and O–H groups in total. The number of benzene rings is 2. The third kappa shape index (κ3) is 4.66. The number of aromatic nitrogens is 3. The summed E-state index contributed by atoms with van der Waals surface area (Å²) in [6.45, 7) is 15.8. The van der Waals surface area contributed by atoms with Crippen molar-refractivity contribution >= 4 is 33.8 Å². The minimum atomic E-state index is -0.713. The van der Waals surface area contributed by atoms with E-state index in [2.05, 4.69) is 37.0 Å². The topological polar surface area (TPSA) is 62.8 Å². The average Bonchev–Trinajstić information content (AvgIpc) is 3.25. The van der Waals surface area contributed by atoms with Crippen LogP contribution >= 0.6 is 0 Å². The number of ether oxygens (including phenoxy) is 1. The summed E-state index contributed by atoms with van der Waals surface area (Å²) in [5, 5.41) is 3.24. The molecule has 0 aliphatic carbocycles. The van der Waals surface area contributed by atoms with Crippen LogP contribution in [-0.4, -0.2) is 52.7 Å². The van der Waals surface area contributed by atoms with Crippen molar-refractivity contribution in [3.05, 3.63) is 71.5 Å². The van der Waals surface area contributed by atoms with Crippen LogP contribution in [-0.2, 0) is 6.54 Å². The summed E-state index contributed by atoms with van der Waals surface area (Å²) in [5.41, 5.74) is 2.73. The van der Waals surface area contributed by atoms with Crippen molar-refractivity contribution < 1.29 is 13.5 Å². The molecule has 1 aliphatic heterocycles. The highest BCUT2D eigenvalue weighted by Gasteiger charge is 2.22. The first kappa shape index (κ1) is 24.5. The van der Waals surface area contributed by atoms with Gasteiger partial charge < -0.3 is 24.4 Å². The second kappa shape index (κ2) is 10.0. The number of piperazine rings is 1. The number of hydrogen-bond donors (Lipinski definition) is 1. The molecule has 3 heterocycles. The van der Waals surface area contributed by atoms with Gasteiger partial charge in [0.1, 0.15) is 12.1 Å². The number of fused-ring (bicyclic) bond motifs is 1. The van der Waals surface area contributed by atoms with Crippen molar-refractivity contribution in [1.29, 1.82) is 0 Å². The first-order chi connectivity index (χ1) is 17.9. The summed E-state index contributed by atoms with van der Waals surface area (Å²) in [4.78, 5) is 16.3. The van der Waals surface area contributed by atoms with Crippen LogP contribution in [0.15, 0.2) is 42.7 Å². The standard InChI is InChI=1S/C27H27F2N7O/c1-5-36-17(2)14-20-23(29)22(15-21(28)25(20)36)37-27-24(30-3)26(31-16-32-27)33-18-6-8-19(9-7-18)35-12-10-34(4)11-13-35/h6-9,14-16H,5,10-13H2,1-2,4H3,(H,31,32,33). The molecule has 0 saturated carbocycles. The smallest absolute Gasteiger partial charge is 0.288 e. The molecule has 0 unspecified atom stereocenters. The third-order valence-corrected chi connectivity index (χ3v) is 6.66. The molecule has 1 saturated heterocycles. The van der Waals surface area contributed by atoms with Crippen LogP contribution in [0.1, 0.15) is 12.6 Å². The lowest BCUT2D eigenvalue weighted by Crippen LogP contribution is -2.44. The third-order valence-electron chi connectivity index (χ3n) is 6.66. The largest absolute Gasteiger partial charge is 0.446 e. The molecule has 5 rings (SSSR count). The molecule has 1 fully saturated rings. The molecular weight excluding hydrogens is 476 g/mol. The van der Waals surface area contributed by atoms with Crippen molar-refractivity contribution in [3.8, 4) is 11.6 Å². The van der Waals surface area contributed by atoms with E-state index in [0.29, 0.717) is 6.54 Å². The van der Waals surface area contributed by atoms with Crippen molar-refractivity contribution in [2.45, 2.75) is 20.4 Å². The number of halogens is 2. The Balaban J connectivity index is 1.40. The molecule has 0 atom stereocenters. The highest BCUT2D eigenvalue weighted by molar-refractivity contribution is 5.85. The van der Waals surface area contributed by atoms with Crippen LogP contribution in [0.4, 0.5) is 31.7 Å². The number of aryl methyl sites for hydroxylation is 2. The summed E-state index contributed by atoms with van der Waals surface area (Å²) < 4.78 is 37.6. The summed E-state index contributed by atoms with van der Waals surface area (Å²) in [7, 11) is 2.12. The number of anilines is 3. The van der Waals surface area contributed by atoms with Gasteiger partial charge in [-0.1, -0.05) is 0 Å². The minimum Gasteiger partial charge on any atom is -0.446 e. The van der Waals surface area contributed by atoms with Gasteiger partial charge >= 0.3 is 0 Å². The number of rotatable bonds is 6. The SMILES string of the molecule is [C-]#[N+]c1c(Nc2ccc(N3CCN(C)CC3)cc2)ncnc1Oc1cc(F)c2c(cc(C)n2CC)c1F. The van der Waals surface area contributed by atoms with Gasteiger partial charge in [-0.3, -0.25) is 0 Å². The minimum absolute atomic E-state index is 0.0344. The number of nitrogens with one attached hydrogen (secondary N) is 1. The highest BCUT2D eigenvalue weighted by Crippen LogP contribution is 2.39. The average molecular weight is 504 g/mol. The molecule has 0 spiro atoms. The molecule has 4 aromatic rings. The first-order valence-corrected chi connectivity index (χ1v) is 12.1. The molecule has 0 amide bonds. The van der Waals surface area contributed by atoms with Crippen LogP contribution in [0.2, 0.25) is 0 Å². The van der Waals surface area contributed by atoms with E-state index in [9.17, 15) is 4.39 Å². The molecule has 1 aliphatic rings. The van der Waals surface area contributed by atoms with Gasteiger partial charge in [-0.05, 0) is 51.2 Å². The maximum atomic E-state index is 15.3. The quantitative estimate of drug-likeness (QED) is 0.332. The van der Waals surface area contributed by atoms with Crippen LogP contribution in [0.25, 0.3) is 15.7 Å².